The fourth-order valence-corrected chi connectivity index (χ4v) is 2.70. The Morgan fingerprint density at radius 3 is 3.15 bits per heavy atom. The molecule has 2 aromatic rings. The largest absolute Gasteiger partial charge is 0.342 e. The number of nitro groups is 1. The lowest BCUT2D eigenvalue weighted by molar-refractivity contribution is -0.384. The number of hydrogen-bond acceptors (Lipinski definition) is 5. The van der Waals surface area contributed by atoms with E-state index >= 15 is 0 Å². The SMILES string of the molecule is NC[C@H]1CCCN(c2nc3ccc([N+](=O)[O-])cc3[nH]2)C1. The molecular formula is C13H17N5O2. The lowest BCUT2D eigenvalue weighted by Crippen LogP contribution is -2.38. The molecular weight excluding hydrogens is 258 g/mol. The Kier molecular flexibility index (Phi) is 3.27. The Bertz CT molecular complexity index is 639. The molecule has 1 aliphatic rings. The highest BCUT2D eigenvalue weighted by atomic mass is 16.6. The summed E-state index contributed by atoms with van der Waals surface area (Å²) in [7, 11) is 0. The maximum absolute atomic E-state index is 10.8. The number of nitrogens with two attached hydrogens (primary N) is 1. The number of imidazole rings is 1. The maximum atomic E-state index is 10.8. The molecule has 1 atom stereocenters. The third-order valence-electron chi connectivity index (χ3n) is 3.82. The van der Waals surface area contributed by atoms with Crippen molar-refractivity contribution in [3.8, 4) is 0 Å². The number of nitro benzene ring substituents is 1. The molecule has 3 rings (SSSR count). The second-order valence-electron chi connectivity index (χ2n) is 5.21. The van der Waals surface area contributed by atoms with Crippen molar-refractivity contribution in [3.05, 3.63) is 28.3 Å². The van der Waals surface area contributed by atoms with E-state index < -0.39 is 4.92 Å². The number of nitrogens with one attached hydrogen (secondary N) is 1. The monoisotopic (exact) mass is 275 g/mol. The van der Waals surface area contributed by atoms with Gasteiger partial charge in [-0.3, -0.25) is 10.1 Å². The van der Waals surface area contributed by atoms with Gasteiger partial charge in [0.25, 0.3) is 5.69 Å². The van der Waals surface area contributed by atoms with E-state index in [-0.39, 0.29) is 5.69 Å². The number of H-pyrrole nitrogens is 1. The lowest BCUT2D eigenvalue weighted by Gasteiger charge is -2.31. The van der Waals surface area contributed by atoms with E-state index in [4.69, 9.17) is 5.73 Å². The summed E-state index contributed by atoms with van der Waals surface area (Å²) < 4.78 is 0. The van der Waals surface area contributed by atoms with Crippen LogP contribution in [0.4, 0.5) is 11.6 Å². The summed E-state index contributed by atoms with van der Waals surface area (Å²) in [5.41, 5.74) is 7.26. The van der Waals surface area contributed by atoms with Crippen LogP contribution in [0.3, 0.4) is 0 Å². The van der Waals surface area contributed by atoms with Gasteiger partial charge in [0.15, 0.2) is 0 Å². The van der Waals surface area contributed by atoms with E-state index in [1.165, 1.54) is 12.1 Å². The maximum Gasteiger partial charge on any atom is 0.271 e. The zero-order chi connectivity index (χ0) is 14.1. The van der Waals surface area contributed by atoms with Gasteiger partial charge in [-0.1, -0.05) is 0 Å². The zero-order valence-corrected chi connectivity index (χ0v) is 11.1. The predicted octanol–water partition coefficient (Wildman–Crippen LogP) is 1.65. The molecule has 3 N–H and O–H groups in total. The molecule has 2 heterocycles. The Balaban J connectivity index is 1.90. The summed E-state index contributed by atoms with van der Waals surface area (Å²) in [5.74, 6) is 1.27. The van der Waals surface area contributed by atoms with Gasteiger partial charge in [0.2, 0.25) is 5.95 Å². The number of nitrogens with zero attached hydrogens (tertiary/aromatic N) is 3. The van der Waals surface area contributed by atoms with Crippen molar-refractivity contribution in [1.82, 2.24) is 9.97 Å². The van der Waals surface area contributed by atoms with Crippen molar-refractivity contribution in [3.63, 3.8) is 0 Å². The third-order valence-corrected chi connectivity index (χ3v) is 3.82. The van der Waals surface area contributed by atoms with E-state index in [1.54, 1.807) is 6.07 Å². The molecule has 0 unspecified atom stereocenters. The first-order valence-corrected chi connectivity index (χ1v) is 6.76. The van der Waals surface area contributed by atoms with Crippen LogP contribution in [0.1, 0.15) is 12.8 Å². The van der Waals surface area contributed by atoms with Gasteiger partial charge in [-0.05, 0) is 31.4 Å². The van der Waals surface area contributed by atoms with Crippen molar-refractivity contribution >= 4 is 22.7 Å². The van der Waals surface area contributed by atoms with Gasteiger partial charge in [0.1, 0.15) is 0 Å². The van der Waals surface area contributed by atoms with Crippen LogP contribution >= 0.6 is 0 Å². The molecule has 1 aromatic carbocycles. The molecule has 0 aliphatic carbocycles. The van der Waals surface area contributed by atoms with Crippen LogP contribution in [0.5, 0.6) is 0 Å². The van der Waals surface area contributed by atoms with Crippen LogP contribution in [0.2, 0.25) is 0 Å². The summed E-state index contributed by atoms with van der Waals surface area (Å²) >= 11 is 0. The fraction of sp³-hybridized carbons (Fsp3) is 0.462. The van der Waals surface area contributed by atoms with Crippen LogP contribution in [0.15, 0.2) is 18.2 Å². The first kappa shape index (κ1) is 12.9. The molecule has 7 heteroatoms. The van der Waals surface area contributed by atoms with Crippen LogP contribution in [-0.2, 0) is 0 Å². The van der Waals surface area contributed by atoms with E-state index in [0.717, 1.165) is 37.4 Å². The van der Waals surface area contributed by atoms with Gasteiger partial charge < -0.3 is 15.6 Å². The number of aromatic nitrogens is 2. The van der Waals surface area contributed by atoms with Crippen LogP contribution in [0, 0.1) is 16.0 Å². The standard InChI is InChI=1S/C13H17N5O2/c14-7-9-2-1-5-17(8-9)13-15-11-4-3-10(18(19)20)6-12(11)16-13/h3-4,6,9H,1-2,5,7-8,14H2,(H,15,16)/t9-/m1/s1. The minimum atomic E-state index is -0.398. The molecule has 1 aliphatic heterocycles. The molecule has 0 spiro atoms. The second-order valence-corrected chi connectivity index (χ2v) is 5.21. The van der Waals surface area contributed by atoms with E-state index in [0.29, 0.717) is 18.0 Å². The van der Waals surface area contributed by atoms with E-state index in [2.05, 4.69) is 14.9 Å². The predicted molar refractivity (Wildman–Crippen MR) is 76.7 cm³/mol. The Morgan fingerprint density at radius 2 is 2.40 bits per heavy atom. The van der Waals surface area contributed by atoms with Gasteiger partial charge in [-0.25, -0.2) is 4.98 Å². The highest BCUT2D eigenvalue weighted by molar-refractivity contribution is 5.80. The summed E-state index contributed by atoms with van der Waals surface area (Å²) in [4.78, 5) is 20.2. The molecule has 0 radical (unpaired) electrons. The normalized spacial score (nSPS) is 19.4. The van der Waals surface area contributed by atoms with Gasteiger partial charge in [0.05, 0.1) is 16.0 Å². The smallest absolute Gasteiger partial charge is 0.271 e. The van der Waals surface area contributed by atoms with E-state index in [1.807, 2.05) is 0 Å². The van der Waals surface area contributed by atoms with Crippen molar-refractivity contribution in [2.45, 2.75) is 12.8 Å². The van der Waals surface area contributed by atoms with Gasteiger partial charge in [0, 0.05) is 25.2 Å². The number of fused-ring (bicyclic) bond motifs is 1. The molecule has 7 nitrogen and oxygen atoms in total. The number of hydrogen-bond donors (Lipinski definition) is 2. The van der Waals surface area contributed by atoms with Gasteiger partial charge in [-0.15, -0.1) is 0 Å². The molecule has 20 heavy (non-hydrogen) atoms. The third kappa shape index (κ3) is 2.32. The average Bonchev–Trinajstić information content (AvgIpc) is 2.90. The molecule has 1 fully saturated rings. The molecule has 0 saturated carbocycles. The van der Waals surface area contributed by atoms with E-state index in [9.17, 15) is 10.1 Å². The molecule has 1 saturated heterocycles. The molecule has 106 valence electrons. The number of aromatic amines is 1. The summed E-state index contributed by atoms with van der Waals surface area (Å²) in [6.07, 6.45) is 2.25. The Labute approximate surface area is 115 Å². The lowest BCUT2D eigenvalue weighted by atomic mass is 9.99. The van der Waals surface area contributed by atoms with Crippen LogP contribution < -0.4 is 10.6 Å². The number of benzene rings is 1. The highest BCUT2D eigenvalue weighted by Gasteiger charge is 2.21. The topological polar surface area (TPSA) is 101 Å². The minimum Gasteiger partial charge on any atom is -0.342 e. The molecule has 0 bridgehead atoms. The Morgan fingerprint density at radius 1 is 1.55 bits per heavy atom. The molecule has 0 amide bonds. The number of piperidine rings is 1. The van der Waals surface area contributed by atoms with Crippen molar-refractivity contribution in [1.29, 1.82) is 0 Å². The van der Waals surface area contributed by atoms with Crippen molar-refractivity contribution < 1.29 is 4.92 Å². The van der Waals surface area contributed by atoms with Gasteiger partial charge in [-0.2, -0.15) is 0 Å². The van der Waals surface area contributed by atoms with Crippen LogP contribution in [-0.4, -0.2) is 34.5 Å². The highest BCUT2D eigenvalue weighted by Crippen LogP contribution is 2.25. The number of anilines is 1. The van der Waals surface area contributed by atoms with Gasteiger partial charge >= 0.3 is 0 Å². The van der Waals surface area contributed by atoms with Crippen molar-refractivity contribution in [2.75, 3.05) is 24.5 Å². The van der Waals surface area contributed by atoms with Crippen LogP contribution in [0.25, 0.3) is 11.0 Å². The zero-order valence-electron chi connectivity index (χ0n) is 11.1. The first-order valence-electron chi connectivity index (χ1n) is 6.76. The fourth-order valence-electron chi connectivity index (χ4n) is 2.70. The number of non-ortho nitro benzene ring substituents is 1. The summed E-state index contributed by atoms with van der Waals surface area (Å²) in [5, 5.41) is 10.8. The minimum absolute atomic E-state index is 0.0752. The first-order chi connectivity index (χ1) is 9.67. The summed E-state index contributed by atoms with van der Waals surface area (Å²) in [6, 6.07) is 4.68. The number of rotatable bonds is 3. The second kappa shape index (κ2) is 5.09. The average molecular weight is 275 g/mol. The quantitative estimate of drug-likeness (QED) is 0.655. The molecule has 1 aromatic heterocycles. The summed E-state index contributed by atoms with van der Waals surface area (Å²) in [6.45, 7) is 2.51. The van der Waals surface area contributed by atoms with Crippen molar-refractivity contribution in [2.24, 2.45) is 11.7 Å². The Hall–Kier alpha value is -2.15.